The van der Waals surface area contributed by atoms with E-state index in [1.54, 1.807) is 41.1 Å². The first-order valence-electron chi connectivity index (χ1n) is 9.41. The summed E-state index contributed by atoms with van der Waals surface area (Å²) >= 11 is 5.98. The second-order valence-electron chi connectivity index (χ2n) is 7.70. The Morgan fingerprint density at radius 2 is 1.97 bits per heavy atom. The molecule has 1 amide bonds. The van der Waals surface area contributed by atoms with Crippen LogP contribution >= 0.6 is 11.6 Å². The fraction of sp³-hybridized carbons (Fsp3) is 0.238. The summed E-state index contributed by atoms with van der Waals surface area (Å²) < 4.78 is 6.29. The van der Waals surface area contributed by atoms with Crippen LogP contribution in [0.1, 0.15) is 42.0 Å². The third kappa shape index (κ3) is 4.28. The lowest BCUT2D eigenvalue weighted by atomic mass is 9.80. The number of aryl methyl sites for hydroxylation is 1. The number of aromatic nitrogens is 4. The molecule has 0 saturated carbocycles. The SMILES string of the molecule is CC(C)(CCc1noc(=O)[nH]1)c1ccc(C(=O)Nc2cn3cc(Cl)ccc3n2)cc1. The number of rotatable bonds is 6. The fourth-order valence-corrected chi connectivity index (χ4v) is 3.40. The summed E-state index contributed by atoms with van der Waals surface area (Å²) in [4.78, 5) is 30.6. The third-order valence-electron chi connectivity index (χ3n) is 5.06. The number of hydrogen-bond acceptors (Lipinski definition) is 5. The zero-order valence-electron chi connectivity index (χ0n) is 16.5. The molecule has 0 radical (unpaired) electrons. The smallest absolute Gasteiger partial charge is 0.305 e. The summed E-state index contributed by atoms with van der Waals surface area (Å²) in [5.41, 5.74) is 2.13. The Balaban J connectivity index is 1.43. The van der Waals surface area contributed by atoms with Crippen LogP contribution in [-0.2, 0) is 11.8 Å². The summed E-state index contributed by atoms with van der Waals surface area (Å²) in [7, 11) is 0. The molecule has 0 bridgehead atoms. The van der Waals surface area contributed by atoms with Crippen molar-refractivity contribution in [2.45, 2.75) is 32.1 Å². The van der Waals surface area contributed by atoms with Gasteiger partial charge in [-0.2, -0.15) is 0 Å². The highest BCUT2D eigenvalue weighted by molar-refractivity contribution is 6.30. The quantitative estimate of drug-likeness (QED) is 0.488. The van der Waals surface area contributed by atoms with Crippen molar-refractivity contribution < 1.29 is 9.32 Å². The molecule has 30 heavy (non-hydrogen) atoms. The van der Waals surface area contributed by atoms with Crippen molar-refractivity contribution in [3.8, 4) is 0 Å². The van der Waals surface area contributed by atoms with E-state index in [1.807, 2.05) is 12.1 Å². The molecule has 1 aromatic carbocycles. The van der Waals surface area contributed by atoms with Crippen LogP contribution in [0.25, 0.3) is 5.65 Å². The molecule has 0 aliphatic heterocycles. The van der Waals surface area contributed by atoms with Gasteiger partial charge >= 0.3 is 5.76 Å². The van der Waals surface area contributed by atoms with E-state index < -0.39 is 5.76 Å². The number of benzene rings is 1. The molecule has 3 aromatic heterocycles. The van der Waals surface area contributed by atoms with Crippen LogP contribution in [0.2, 0.25) is 5.02 Å². The number of imidazole rings is 1. The molecule has 4 rings (SSSR count). The number of fused-ring (bicyclic) bond motifs is 1. The van der Waals surface area contributed by atoms with E-state index >= 15 is 0 Å². The zero-order chi connectivity index (χ0) is 21.3. The van der Waals surface area contributed by atoms with Crippen LogP contribution < -0.4 is 11.1 Å². The molecule has 2 N–H and O–H groups in total. The number of pyridine rings is 1. The molecule has 3 heterocycles. The van der Waals surface area contributed by atoms with Crippen molar-refractivity contribution in [3.63, 3.8) is 0 Å². The van der Waals surface area contributed by atoms with Crippen molar-refractivity contribution >= 4 is 29.0 Å². The molecule has 0 fully saturated rings. The normalized spacial score (nSPS) is 11.7. The molecular formula is C21H20ClN5O3. The molecule has 0 unspecified atom stereocenters. The lowest BCUT2D eigenvalue weighted by Crippen LogP contribution is -2.19. The number of anilines is 1. The van der Waals surface area contributed by atoms with Gasteiger partial charge in [-0.25, -0.2) is 9.78 Å². The molecule has 4 aromatic rings. The second kappa shape index (κ2) is 7.79. The van der Waals surface area contributed by atoms with Gasteiger partial charge in [-0.15, -0.1) is 0 Å². The maximum atomic E-state index is 12.6. The largest absolute Gasteiger partial charge is 0.438 e. The number of halogens is 1. The monoisotopic (exact) mass is 425 g/mol. The Labute approximate surface area is 176 Å². The van der Waals surface area contributed by atoms with Gasteiger partial charge in [0.25, 0.3) is 5.91 Å². The van der Waals surface area contributed by atoms with Crippen LogP contribution in [-0.4, -0.2) is 25.4 Å². The summed E-state index contributed by atoms with van der Waals surface area (Å²) in [6, 6.07) is 11.0. The highest BCUT2D eigenvalue weighted by Gasteiger charge is 2.22. The predicted molar refractivity (Wildman–Crippen MR) is 113 cm³/mol. The van der Waals surface area contributed by atoms with E-state index in [-0.39, 0.29) is 11.3 Å². The first-order valence-corrected chi connectivity index (χ1v) is 9.79. The van der Waals surface area contributed by atoms with Crippen molar-refractivity contribution in [3.05, 3.63) is 81.3 Å². The minimum absolute atomic E-state index is 0.175. The molecule has 0 aliphatic carbocycles. The summed E-state index contributed by atoms with van der Waals surface area (Å²) in [6.07, 6.45) is 4.78. The van der Waals surface area contributed by atoms with E-state index in [0.29, 0.717) is 34.3 Å². The average molecular weight is 426 g/mol. The molecule has 154 valence electrons. The lowest BCUT2D eigenvalue weighted by molar-refractivity contribution is 0.102. The molecule has 0 spiro atoms. The second-order valence-corrected chi connectivity index (χ2v) is 8.13. The Bertz CT molecular complexity index is 1250. The highest BCUT2D eigenvalue weighted by Crippen LogP contribution is 2.28. The van der Waals surface area contributed by atoms with Gasteiger partial charge in [-0.3, -0.25) is 14.3 Å². The highest BCUT2D eigenvalue weighted by atomic mass is 35.5. The van der Waals surface area contributed by atoms with Crippen molar-refractivity contribution in [1.29, 1.82) is 0 Å². The number of amides is 1. The number of hydrogen-bond donors (Lipinski definition) is 2. The number of H-pyrrole nitrogens is 1. The molecule has 0 aliphatic rings. The summed E-state index contributed by atoms with van der Waals surface area (Å²) in [6.45, 7) is 4.20. The van der Waals surface area contributed by atoms with E-state index in [9.17, 15) is 9.59 Å². The topological polar surface area (TPSA) is 105 Å². The standard InChI is InChI=1S/C21H20ClN5O3/c1-21(2,10-9-16-25-20(29)30-26-16)14-5-3-13(4-6-14)19(28)24-17-12-27-11-15(22)7-8-18(27)23-17/h3-8,11-12H,9-10H2,1-2H3,(H,24,28)(H,25,26,29). The third-order valence-corrected chi connectivity index (χ3v) is 5.28. The maximum Gasteiger partial charge on any atom is 0.438 e. The van der Waals surface area contributed by atoms with Crippen molar-refractivity contribution in [1.82, 2.24) is 19.5 Å². The molecule has 9 heteroatoms. The van der Waals surface area contributed by atoms with Crippen LogP contribution in [0.3, 0.4) is 0 Å². The van der Waals surface area contributed by atoms with Crippen molar-refractivity contribution in [2.75, 3.05) is 5.32 Å². The number of nitrogens with one attached hydrogen (secondary N) is 2. The van der Waals surface area contributed by atoms with Crippen LogP contribution in [0.15, 0.2) is 58.1 Å². The van der Waals surface area contributed by atoms with Gasteiger partial charge in [0.05, 0.1) is 11.2 Å². The molecule has 8 nitrogen and oxygen atoms in total. The van der Waals surface area contributed by atoms with E-state index in [2.05, 4.69) is 38.8 Å². The molecular weight excluding hydrogens is 406 g/mol. The number of carbonyl (C=O) groups is 1. The van der Waals surface area contributed by atoms with Crippen LogP contribution in [0.5, 0.6) is 0 Å². The first kappa shape index (κ1) is 19.9. The summed E-state index contributed by atoms with van der Waals surface area (Å²) in [5, 5.41) is 7.10. The Morgan fingerprint density at radius 3 is 2.67 bits per heavy atom. The number of aromatic amines is 1. The lowest BCUT2D eigenvalue weighted by Gasteiger charge is -2.25. The fourth-order valence-electron chi connectivity index (χ4n) is 3.23. The summed E-state index contributed by atoms with van der Waals surface area (Å²) in [5.74, 6) is 0.187. The van der Waals surface area contributed by atoms with Gasteiger partial charge in [0.15, 0.2) is 11.6 Å². The number of nitrogens with zero attached hydrogens (tertiary/aromatic N) is 3. The van der Waals surface area contributed by atoms with Gasteiger partial charge in [-0.05, 0) is 41.7 Å². The van der Waals surface area contributed by atoms with E-state index in [0.717, 1.165) is 12.0 Å². The average Bonchev–Trinajstić information content (AvgIpc) is 3.31. The van der Waals surface area contributed by atoms with E-state index in [4.69, 9.17) is 11.6 Å². The predicted octanol–water partition coefficient (Wildman–Crippen LogP) is 3.83. The first-order chi connectivity index (χ1) is 14.3. The minimum Gasteiger partial charge on any atom is -0.305 e. The van der Waals surface area contributed by atoms with Gasteiger partial charge < -0.3 is 9.72 Å². The zero-order valence-corrected chi connectivity index (χ0v) is 17.2. The Kier molecular flexibility index (Phi) is 5.17. The maximum absolute atomic E-state index is 12.6. The van der Waals surface area contributed by atoms with Gasteiger partial charge in [0.1, 0.15) is 5.65 Å². The molecule has 0 saturated heterocycles. The Morgan fingerprint density at radius 1 is 1.20 bits per heavy atom. The Hall–Kier alpha value is -3.39. The molecule has 0 atom stereocenters. The minimum atomic E-state index is -0.549. The van der Waals surface area contributed by atoms with Gasteiger partial charge in [0, 0.05) is 18.2 Å². The van der Waals surface area contributed by atoms with Crippen LogP contribution in [0, 0.1) is 0 Å². The van der Waals surface area contributed by atoms with Gasteiger partial charge in [-0.1, -0.05) is 42.7 Å². The number of carbonyl (C=O) groups excluding carboxylic acids is 1. The van der Waals surface area contributed by atoms with Crippen LogP contribution in [0.4, 0.5) is 5.82 Å². The van der Waals surface area contributed by atoms with Crippen molar-refractivity contribution in [2.24, 2.45) is 0 Å². The van der Waals surface area contributed by atoms with E-state index in [1.165, 1.54) is 0 Å². The van der Waals surface area contributed by atoms with Gasteiger partial charge in [0.2, 0.25) is 0 Å².